The highest BCUT2D eigenvalue weighted by molar-refractivity contribution is 9.10. The van der Waals surface area contributed by atoms with Gasteiger partial charge < -0.3 is 10.2 Å². The maximum absolute atomic E-state index is 11.7. The standard InChI is InChI=1S/C13H18BrN3O/c14-11-4-5-12(16-10-11)13(18)15-6-3-9-17-7-1-2-8-17/h4-5,10H,1-3,6-9H2,(H,15,18). The minimum absolute atomic E-state index is 0.0936. The van der Waals surface area contributed by atoms with Gasteiger partial charge in [-0.3, -0.25) is 4.79 Å². The molecular weight excluding hydrogens is 294 g/mol. The molecule has 1 fully saturated rings. The first kappa shape index (κ1) is 13.5. The summed E-state index contributed by atoms with van der Waals surface area (Å²) < 4.78 is 0.882. The van der Waals surface area contributed by atoms with E-state index >= 15 is 0 Å². The van der Waals surface area contributed by atoms with Gasteiger partial charge in [0.1, 0.15) is 5.69 Å². The Kier molecular flexibility index (Phi) is 5.13. The minimum Gasteiger partial charge on any atom is -0.351 e. The van der Waals surface area contributed by atoms with E-state index in [0.717, 1.165) is 17.4 Å². The van der Waals surface area contributed by atoms with E-state index in [1.54, 1.807) is 12.3 Å². The molecule has 0 bridgehead atoms. The third-order valence-corrected chi connectivity index (χ3v) is 3.56. The van der Waals surface area contributed by atoms with Crippen molar-refractivity contribution >= 4 is 21.8 Å². The monoisotopic (exact) mass is 311 g/mol. The van der Waals surface area contributed by atoms with Crippen LogP contribution >= 0.6 is 15.9 Å². The number of aromatic nitrogens is 1. The van der Waals surface area contributed by atoms with Gasteiger partial charge in [-0.15, -0.1) is 0 Å². The van der Waals surface area contributed by atoms with Crippen molar-refractivity contribution in [2.24, 2.45) is 0 Å². The molecule has 0 unspecified atom stereocenters. The largest absolute Gasteiger partial charge is 0.351 e. The minimum atomic E-state index is -0.0936. The van der Waals surface area contributed by atoms with Crippen LogP contribution in [0.15, 0.2) is 22.8 Å². The molecular formula is C13H18BrN3O. The second kappa shape index (κ2) is 6.85. The van der Waals surface area contributed by atoms with E-state index in [0.29, 0.717) is 12.2 Å². The zero-order valence-corrected chi connectivity index (χ0v) is 11.9. The van der Waals surface area contributed by atoms with Gasteiger partial charge in [-0.05, 0) is 67.0 Å². The van der Waals surface area contributed by atoms with Crippen LogP contribution in [0.1, 0.15) is 29.8 Å². The summed E-state index contributed by atoms with van der Waals surface area (Å²) in [6.07, 6.45) is 5.27. The highest BCUT2D eigenvalue weighted by Crippen LogP contribution is 2.08. The summed E-state index contributed by atoms with van der Waals surface area (Å²) in [4.78, 5) is 18.3. The normalized spacial score (nSPS) is 15.8. The van der Waals surface area contributed by atoms with Crippen LogP contribution < -0.4 is 5.32 Å². The molecule has 98 valence electrons. The van der Waals surface area contributed by atoms with Crippen LogP contribution in [-0.2, 0) is 0 Å². The summed E-state index contributed by atoms with van der Waals surface area (Å²) in [5, 5.41) is 2.90. The van der Waals surface area contributed by atoms with Gasteiger partial charge in [0.2, 0.25) is 0 Å². The highest BCUT2D eigenvalue weighted by Gasteiger charge is 2.11. The number of pyridine rings is 1. The SMILES string of the molecule is O=C(NCCCN1CCCC1)c1ccc(Br)cn1. The Balaban J connectivity index is 1.66. The predicted molar refractivity (Wildman–Crippen MR) is 74.6 cm³/mol. The molecule has 5 heteroatoms. The number of hydrogen-bond donors (Lipinski definition) is 1. The molecule has 1 aromatic heterocycles. The van der Waals surface area contributed by atoms with Crippen molar-refractivity contribution in [3.8, 4) is 0 Å². The molecule has 18 heavy (non-hydrogen) atoms. The van der Waals surface area contributed by atoms with Gasteiger partial charge in [-0.1, -0.05) is 0 Å². The van der Waals surface area contributed by atoms with Crippen molar-refractivity contribution < 1.29 is 4.79 Å². The maximum Gasteiger partial charge on any atom is 0.269 e. The van der Waals surface area contributed by atoms with Gasteiger partial charge in [0.15, 0.2) is 0 Å². The van der Waals surface area contributed by atoms with E-state index in [4.69, 9.17) is 0 Å². The summed E-state index contributed by atoms with van der Waals surface area (Å²) in [5.74, 6) is -0.0936. The molecule has 1 saturated heterocycles. The molecule has 1 N–H and O–H groups in total. The van der Waals surface area contributed by atoms with Crippen LogP contribution in [0.3, 0.4) is 0 Å². The summed E-state index contributed by atoms with van der Waals surface area (Å²) in [7, 11) is 0. The molecule has 0 atom stereocenters. The lowest BCUT2D eigenvalue weighted by molar-refractivity contribution is 0.0947. The lowest BCUT2D eigenvalue weighted by atomic mass is 10.3. The van der Waals surface area contributed by atoms with E-state index in [2.05, 4.69) is 31.1 Å². The molecule has 1 aliphatic heterocycles. The average Bonchev–Trinajstić information content (AvgIpc) is 2.88. The van der Waals surface area contributed by atoms with E-state index in [1.165, 1.54) is 25.9 Å². The Hall–Kier alpha value is -0.940. The first-order valence-electron chi connectivity index (χ1n) is 6.38. The lowest BCUT2D eigenvalue weighted by Gasteiger charge is -2.14. The van der Waals surface area contributed by atoms with Crippen molar-refractivity contribution in [3.63, 3.8) is 0 Å². The summed E-state index contributed by atoms with van der Waals surface area (Å²) >= 11 is 3.30. The first-order valence-corrected chi connectivity index (χ1v) is 7.17. The zero-order chi connectivity index (χ0) is 12.8. The second-order valence-corrected chi connectivity index (χ2v) is 5.44. The third-order valence-electron chi connectivity index (χ3n) is 3.10. The van der Waals surface area contributed by atoms with Gasteiger partial charge in [-0.25, -0.2) is 4.98 Å². The van der Waals surface area contributed by atoms with E-state index in [1.807, 2.05) is 6.07 Å². The van der Waals surface area contributed by atoms with Crippen LogP contribution in [0.2, 0.25) is 0 Å². The molecule has 0 spiro atoms. The van der Waals surface area contributed by atoms with Crippen molar-refractivity contribution in [2.75, 3.05) is 26.2 Å². The Bertz CT molecular complexity index is 388. The number of halogens is 1. The maximum atomic E-state index is 11.7. The Morgan fingerprint density at radius 3 is 2.83 bits per heavy atom. The quantitative estimate of drug-likeness (QED) is 0.847. The average molecular weight is 312 g/mol. The van der Waals surface area contributed by atoms with Gasteiger partial charge in [0.25, 0.3) is 5.91 Å². The fourth-order valence-electron chi connectivity index (χ4n) is 2.11. The van der Waals surface area contributed by atoms with Crippen molar-refractivity contribution in [1.82, 2.24) is 15.2 Å². The van der Waals surface area contributed by atoms with Gasteiger partial charge in [0, 0.05) is 17.2 Å². The smallest absolute Gasteiger partial charge is 0.269 e. The fraction of sp³-hybridized carbons (Fsp3) is 0.538. The predicted octanol–water partition coefficient (Wildman–Crippen LogP) is 2.06. The van der Waals surface area contributed by atoms with Crippen molar-refractivity contribution in [3.05, 3.63) is 28.5 Å². The van der Waals surface area contributed by atoms with Crippen LogP contribution in [-0.4, -0.2) is 42.0 Å². The molecule has 0 saturated carbocycles. The summed E-state index contributed by atoms with van der Waals surface area (Å²) in [6.45, 7) is 4.21. The van der Waals surface area contributed by atoms with Gasteiger partial charge >= 0.3 is 0 Å². The highest BCUT2D eigenvalue weighted by atomic mass is 79.9. The Labute approximate surface area is 116 Å². The van der Waals surface area contributed by atoms with Gasteiger partial charge in [0.05, 0.1) is 0 Å². The molecule has 1 amide bonds. The molecule has 2 heterocycles. The molecule has 2 rings (SSSR count). The van der Waals surface area contributed by atoms with Crippen LogP contribution in [0.5, 0.6) is 0 Å². The molecule has 4 nitrogen and oxygen atoms in total. The van der Waals surface area contributed by atoms with Gasteiger partial charge in [-0.2, -0.15) is 0 Å². The van der Waals surface area contributed by atoms with E-state index < -0.39 is 0 Å². The second-order valence-electron chi connectivity index (χ2n) is 4.52. The Morgan fingerprint density at radius 2 is 2.17 bits per heavy atom. The summed E-state index contributed by atoms with van der Waals surface area (Å²) in [5.41, 5.74) is 0.472. The molecule has 1 aliphatic rings. The molecule has 0 radical (unpaired) electrons. The zero-order valence-electron chi connectivity index (χ0n) is 10.4. The number of likely N-dealkylation sites (tertiary alicyclic amines) is 1. The number of amides is 1. The van der Waals surface area contributed by atoms with Crippen LogP contribution in [0, 0.1) is 0 Å². The number of nitrogens with one attached hydrogen (secondary N) is 1. The topological polar surface area (TPSA) is 45.2 Å². The number of rotatable bonds is 5. The third kappa shape index (κ3) is 4.07. The number of nitrogens with zero attached hydrogens (tertiary/aromatic N) is 2. The van der Waals surface area contributed by atoms with E-state index in [9.17, 15) is 4.79 Å². The lowest BCUT2D eigenvalue weighted by Crippen LogP contribution is -2.29. The fourth-order valence-corrected chi connectivity index (χ4v) is 2.35. The molecule has 1 aromatic rings. The summed E-state index contributed by atoms with van der Waals surface area (Å²) in [6, 6.07) is 3.55. The number of carbonyl (C=O) groups is 1. The van der Waals surface area contributed by atoms with Crippen molar-refractivity contribution in [2.45, 2.75) is 19.3 Å². The van der Waals surface area contributed by atoms with E-state index in [-0.39, 0.29) is 5.91 Å². The molecule has 0 aliphatic carbocycles. The number of hydrogen-bond acceptors (Lipinski definition) is 3. The Morgan fingerprint density at radius 1 is 1.39 bits per heavy atom. The molecule has 0 aromatic carbocycles. The number of carbonyl (C=O) groups excluding carboxylic acids is 1. The van der Waals surface area contributed by atoms with Crippen LogP contribution in [0.4, 0.5) is 0 Å². The van der Waals surface area contributed by atoms with Crippen LogP contribution in [0.25, 0.3) is 0 Å². The first-order chi connectivity index (χ1) is 8.75. The van der Waals surface area contributed by atoms with Crippen molar-refractivity contribution in [1.29, 1.82) is 0 Å².